The summed E-state index contributed by atoms with van der Waals surface area (Å²) in [4.78, 5) is 20.6. The maximum atomic E-state index is 10.8. The van der Waals surface area contributed by atoms with Gasteiger partial charge < -0.3 is 14.6 Å². The number of phenolic OH excluding ortho intramolecular Hbond substituents is 1. The molecule has 0 aliphatic carbocycles. The van der Waals surface area contributed by atoms with Crippen molar-refractivity contribution in [2.75, 3.05) is 13.7 Å². The topological polar surface area (TPSA) is 72.8 Å². The molecule has 1 N–H and O–H groups in total. The van der Waals surface area contributed by atoms with Gasteiger partial charge in [0, 0.05) is 6.42 Å². The molecule has 0 saturated carbocycles. The summed E-state index contributed by atoms with van der Waals surface area (Å²) in [5, 5.41) is 8.86. The van der Waals surface area contributed by atoms with Crippen molar-refractivity contribution in [3.63, 3.8) is 0 Å². The highest BCUT2D eigenvalue weighted by molar-refractivity contribution is 5.89. The first-order chi connectivity index (χ1) is 10.7. The van der Waals surface area contributed by atoms with E-state index in [1.54, 1.807) is 0 Å². The molecule has 0 spiro atoms. The predicted molar refractivity (Wildman–Crippen MR) is 81.6 cm³/mol. The Hall–Kier alpha value is -2.82. The van der Waals surface area contributed by atoms with Gasteiger partial charge in [-0.1, -0.05) is 30.3 Å². The molecule has 0 unspecified atom stereocenters. The van der Waals surface area contributed by atoms with Gasteiger partial charge in [-0.15, -0.1) is 0 Å². The molecule has 0 radical (unpaired) electrons. The molecule has 2 aromatic carbocycles. The van der Waals surface area contributed by atoms with Crippen molar-refractivity contribution in [3.8, 4) is 5.75 Å². The van der Waals surface area contributed by atoms with Crippen LogP contribution in [0.15, 0.2) is 54.6 Å². The van der Waals surface area contributed by atoms with Crippen LogP contribution in [0.5, 0.6) is 5.75 Å². The number of methoxy groups -OCH3 is 1. The lowest BCUT2D eigenvalue weighted by Gasteiger charge is -1.97. The van der Waals surface area contributed by atoms with Crippen LogP contribution < -0.4 is 0 Å². The molecule has 2 rings (SSSR count). The van der Waals surface area contributed by atoms with E-state index in [0.717, 1.165) is 6.42 Å². The second-order valence-electron chi connectivity index (χ2n) is 4.24. The normalized spacial score (nSPS) is 9.14. The number of esters is 1. The van der Waals surface area contributed by atoms with Crippen molar-refractivity contribution in [1.29, 1.82) is 0 Å². The number of carbonyl (C=O) groups is 2. The SMILES string of the molecule is COC(=O)c1ccc(O)cc1.O=COCCc1ccccc1. The minimum atomic E-state index is -0.398. The third-order valence-electron chi connectivity index (χ3n) is 2.71. The average molecular weight is 302 g/mol. The number of ether oxygens (including phenoxy) is 2. The molecule has 0 heterocycles. The van der Waals surface area contributed by atoms with E-state index in [0.29, 0.717) is 18.6 Å². The summed E-state index contributed by atoms with van der Waals surface area (Å²) in [6, 6.07) is 15.8. The molecular formula is C17H18O5. The summed E-state index contributed by atoms with van der Waals surface area (Å²) < 4.78 is 9.01. The van der Waals surface area contributed by atoms with Crippen LogP contribution in [0.4, 0.5) is 0 Å². The molecule has 116 valence electrons. The Bertz CT molecular complexity index is 563. The van der Waals surface area contributed by atoms with Crippen LogP contribution >= 0.6 is 0 Å². The highest BCUT2D eigenvalue weighted by atomic mass is 16.5. The van der Waals surface area contributed by atoms with Gasteiger partial charge in [0.2, 0.25) is 0 Å². The van der Waals surface area contributed by atoms with E-state index in [9.17, 15) is 9.59 Å². The molecule has 0 aromatic heterocycles. The van der Waals surface area contributed by atoms with E-state index in [1.807, 2.05) is 30.3 Å². The number of hydrogen-bond donors (Lipinski definition) is 1. The van der Waals surface area contributed by atoms with Gasteiger partial charge in [-0.2, -0.15) is 0 Å². The summed E-state index contributed by atoms with van der Waals surface area (Å²) in [6.07, 6.45) is 0.791. The van der Waals surface area contributed by atoms with Gasteiger partial charge in [0.25, 0.3) is 6.47 Å². The highest BCUT2D eigenvalue weighted by Gasteiger charge is 2.02. The fraction of sp³-hybridized carbons (Fsp3) is 0.176. The minimum absolute atomic E-state index is 0.137. The number of hydrogen-bond acceptors (Lipinski definition) is 5. The lowest BCUT2D eigenvalue weighted by molar-refractivity contribution is -0.128. The molecular weight excluding hydrogens is 284 g/mol. The fourth-order valence-corrected chi connectivity index (χ4v) is 1.58. The summed E-state index contributed by atoms with van der Waals surface area (Å²) >= 11 is 0. The van der Waals surface area contributed by atoms with Gasteiger partial charge in [-0.3, -0.25) is 4.79 Å². The Morgan fingerprint density at radius 3 is 2.27 bits per heavy atom. The molecule has 5 heteroatoms. The average Bonchev–Trinajstić information content (AvgIpc) is 2.57. The van der Waals surface area contributed by atoms with Crippen LogP contribution in [0.3, 0.4) is 0 Å². The number of rotatable bonds is 5. The first-order valence-electron chi connectivity index (χ1n) is 6.64. The molecule has 0 amide bonds. The van der Waals surface area contributed by atoms with E-state index in [-0.39, 0.29) is 5.75 Å². The van der Waals surface area contributed by atoms with Crippen molar-refractivity contribution in [2.45, 2.75) is 6.42 Å². The zero-order valence-electron chi connectivity index (χ0n) is 12.3. The Labute approximate surface area is 129 Å². The Morgan fingerprint density at radius 1 is 1.09 bits per heavy atom. The van der Waals surface area contributed by atoms with E-state index < -0.39 is 5.97 Å². The molecule has 0 aliphatic rings. The second kappa shape index (κ2) is 9.99. The van der Waals surface area contributed by atoms with Gasteiger partial charge >= 0.3 is 5.97 Å². The number of phenols is 1. The van der Waals surface area contributed by atoms with Gasteiger partial charge in [0.05, 0.1) is 19.3 Å². The smallest absolute Gasteiger partial charge is 0.337 e. The first kappa shape index (κ1) is 17.2. The lowest BCUT2D eigenvalue weighted by Crippen LogP contribution is -1.99. The quantitative estimate of drug-likeness (QED) is 0.522. The Morgan fingerprint density at radius 2 is 1.73 bits per heavy atom. The molecule has 0 saturated heterocycles. The van der Waals surface area contributed by atoms with Crippen molar-refractivity contribution in [1.82, 2.24) is 0 Å². The lowest BCUT2D eigenvalue weighted by atomic mass is 10.2. The monoisotopic (exact) mass is 302 g/mol. The van der Waals surface area contributed by atoms with E-state index in [2.05, 4.69) is 9.47 Å². The van der Waals surface area contributed by atoms with Gasteiger partial charge in [-0.05, 0) is 29.8 Å². The molecule has 0 fully saturated rings. The molecule has 0 bridgehead atoms. The largest absolute Gasteiger partial charge is 0.508 e. The maximum Gasteiger partial charge on any atom is 0.337 e. The number of benzene rings is 2. The summed E-state index contributed by atoms with van der Waals surface area (Å²) in [6.45, 7) is 0.941. The zero-order chi connectivity index (χ0) is 16.2. The summed E-state index contributed by atoms with van der Waals surface area (Å²) in [5.41, 5.74) is 1.62. The Kier molecular flexibility index (Phi) is 7.82. The van der Waals surface area contributed by atoms with E-state index in [1.165, 1.54) is 36.9 Å². The summed E-state index contributed by atoms with van der Waals surface area (Å²) in [5.74, 6) is -0.261. The van der Waals surface area contributed by atoms with Crippen LogP contribution in [-0.4, -0.2) is 31.3 Å². The Balaban J connectivity index is 0.000000220. The van der Waals surface area contributed by atoms with Crippen molar-refractivity contribution >= 4 is 12.4 Å². The van der Waals surface area contributed by atoms with E-state index >= 15 is 0 Å². The third-order valence-corrected chi connectivity index (χ3v) is 2.71. The van der Waals surface area contributed by atoms with Crippen LogP contribution in [-0.2, 0) is 20.7 Å². The molecule has 2 aromatic rings. The predicted octanol–water partition coefficient (Wildman–Crippen LogP) is 2.58. The van der Waals surface area contributed by atoms with Crippen molar-refractivity contribution < 1.29 is 24.2 Å². The van der Waals surface area contributed by atoms with Gasteiger partial charge in [-0.25, -0.2) is 4.79 Å². The molecule has 0 aliphatic heterocycles. The fourth-order valence-electron chi connectivity index (χ4n) is 1.58. The number of carbonyl (C=O) groups excluding carboxylic acids is 2. The van der Waals surface area contributed by atoms with Gasteiger partial charge in [0.1, 0.15) is 5.75 Å². The zero-order valence-corrected chi connectivity index (χ0v) is 12.3. The standard InChI is InChI=1S/C9H10O2.C8H8O3/c10-8-11-7-6-9-4-2-1-3-5-9;1-11-8(10)6-2-4-7(9)5-3-6/h1-5,8H,6-7H2;2-5,9H,1H3. The van der Waals surface area contributed by atoms with Crippen molar-refractivity contribution in [2.24, 2.45) is 0 Å². The van der Waals surface area contributed by atoms with Gasteiger partial charge in [0.15, 0.2) is 0 Å². The molecule has 5 nitrogen and oxygen atoms in total. The summed E-state index contributed by atoms with van der Waals surface area (Å²) in [7, 11) is 1.31. The third kappa shape index (κ3) is 6.56. The van der Waals surface area contributed by atoms with Crippen molar-refractivity contribution in [3.05, 3.63) is 65.7 Å². The minimum Gasteiger partial charge on any atom is -0.508 e. The van der Waals surface area contributed by atoms with Crippen LogP contribution in [0.25, 0.3) is 0 Å². The number of aromatic hydroxyl groups is 1. The van der Waals surface area contributed by atoms with E-state index in [4.69, 9.17) is 5.11 Å². The van der Waals surface area contributed by atoms with Crippen LogP contribution in [0.2, 0.25) is 0 Å². The molecule has 22 heavy (non-hydrogen) atoms. The maximum absolute atomic E-state index is 10.8. The highest BCUT2D eigenvalue weighted by Crippen LogP contribution is 2.09. The van der Waals surface area contributed by atoms with Crippen LogP contribution in [0.1, 0.15) is 15.9 Å². The molecule has 0 atom stereocenters. The van der Waals surface area contributed by atoms with Crippen LogP contribution in [0, 0.1) is 0 Å². The second-order valence-corrected chi connectivity index (χ2v) is 4.24. The first-order valence-corrected chi connectivity index (χ1v) is 6.64.